The number of carbonyl (C=O) groups is 1. The first-order chi connectivity index (χ1) is 11.0. The Kier molecular flexibility index (Phi) is 5.28. The number of aromatic nitrogens is 1. The molecule has 1 aromatic carbocycles. The monoisotopic (exact) mass is 312 g/mol. The number of aromatic carboxylic acids is 1. The van der Waals surface area contributed by atoms with Crippen LogP contribution in [0.15, 0.2) is 36.5 Å². The van der Waals surface area contributed by atoms with Crippen molar-refractivity contribution in [3.8, 4) is 23.1 Å². The molecule has 0 radical (unpaired) electrons. The first kappa shape index (κ1) is 16.5. The molecule has 1 atom stereocenters. The van der Waals surface area contributed by atoms with E-state index in [0.29, 0.717) is 29.2 Å². The zero-order valence-corrected chi connectivity index (χ0v) is 12.6. The van der Waals surface area contributed by atoms with Gasteiger partial charge in [-0.3, -0.25) is 4.98 Å². The molecule has 118 valence electrons. The van der Waals surface area contributed by atoms with E-state index in [9.17, 15) is 10.1 Å². The Hall–Kier alpha value is -2.91. The van der Waals surface area contributed by atoms with Crippen LogP contribution in [-0.2, 0) is 0 Å². The molecule has 1 heterocycles. The molecule has 23 heavy (non-hydrogen) atoms. The van der Waals surface area contributed by atoms with Crippen LogP contribution in [0.1, 0.15) is 22.8 Å². The lowest BCUT2D eigenvalue weighted by atomic mass is 10.1. The number of carboxylic acids is 1. The second kappa shape index (κ2) is 7.38. The number of hydrogen-bond donors (Lipinski definition) is 2. The lowest BCUT2D eigenvalue weighted by molar-refractivity contribution is 0.0697. The molecule has 2 N–H and O–H groups in total. The largest absolute Gasteiger partial charge is 0.492 e. The minimum Gasteiger partial charge on any atom is -0.492 e. The van der Waals surface area contributed by atoms with Crippen molar-refractivity contribution in [2.24, 2.45) is 5.92 Å². The van der Waals surface area contributed by atoms with E-state index in [0.717, 1.165) is 0 Å². The first-order valence-electron chi connectivity index (χ1n) is 7.02. The summed E-state index contributed by atoms with van der Waals surface area (Å²) in [5.74, 6) is -0.645. The van der Waals surface area contributed by atoms with E-state index in [1.807, 2.05) is 6.92 Å². The van der Waals surface area contributed by atoms with E-state index >= 15 is 0 Å². The zero-order chi connectivity index (χ0) is 16.8. The zero-order valence-electron chi connectivity index (χ0n) is 12.6. The highest BCUT2D eigenvalue weighted by molar-refractivity contribution is 5.88. The van der Waals surface area contributed by atoms with Crippen molar-refractivity contribution in [1.29, 1.82) is 5.26 Å². The summed E-state index contributed by atoms with van der Waals surface area (Å²) in [6, 6.07) is 9.88. The van der Waals surface area contributed by atoms with Crippen LogP contribution in [0.3, 0.4) is 0 Å². The molecule has 0 aliphatic carbocycles. The maximum Gasteiger partial charge on any atom is 0.335 e. The van der Waals surface area contributed by atoms with Crippen molar-refractivity contribution in [1.82, 2.24) is 4.98 Å². The lowest BCUT2D eigenvalue weighted by Crippen LogP contribution is -2.12. The Balaban J connectivity index is 2.30. The van der Waals surface area contributed by atoms with Gasteiger partial charge in [0.1, 0.15) is 11.8 Å². The van der Waals surface area contributed by atoms with Crippen molar-refractivity contribution in [2.75, 3.05) is 13.2 Å². The maximum atomic E-state index is 11.0. The van der Waals surface area contributed by atoms with Crippen molar-refractivity contribution in [2.45, 2.75) is 6.92 Å². The predicted octanol–water partition coefficient (Wildman–Crippen LogP) is 2.33. The third-order valence-corrected chi connectivity index (χ3v) is 3.24. The average molecular weight is 312 g/mol. The second-order valence-corrected chi connectivity index (χ2v) is 5.16. The molecule has 6 heteroatoms. The van der Waals surface area contributed by atoms with E-state index in [4.69, 9.17) is 14.9 Å². The van der Waals surface area contributed by atoms with Crippen molar-refractivity contribution in [3.63, 3.8) is 0 Å². The van der Waals surface area contributed by atoms with E-state index in [1.54, 1.807) is 18.2 Å². The minimum atomic E-state index is -1.04. The van der Waals surface area contributed by atoms with Gasteiger partial charge in [-0.05, 0) is 30.3 Å². The lowest BCUT2D eigenvalue weighted by Gasteiger charge is -2.12. The molecule has 0 amide bonds. The summed E-state index contributed by atoms with van der Waals surface area (Å²) in [6.07, 6.45) is 1.41. The molecule has 0 fully saturated rings. The Morgan fingerprint density at radius 1 is 1.39 bits per heavy atom. The van der Waals surface area contributed by atoms with Gasteiger partial charge in [-0.15, -0.1) is 0 Å². The van der Waals surface area contributed by atoms with Crippen LogP contribution >= 0.6 is 0 Å². The predicted molar refractivity (Wildman–Crippen MR) is 83.1 cm³/mol. The summed E-state index contributed by atoms with van der Waals surface area (Å²) in [6.45, 7) is 2.14. The first-order valence-corrected chi connectivity index (χ1v) is 7.02. The molecular weight excluding hydrogens is 296 g/mol. The fourth-order valence-electron chi connectivity index (χ4n) is 1.91. The highest BCUT2D eigenvalue weighted by atomic mass is 16.5. The summed E-state index contributed by atoms with van der Waals surface area (Å²) in [5.41, 5.74) is 1.56. The Labute approximate surface area is 133 Å². The molecule has 2 rings (SSSR count). The van der Waals surface area contributed by atoms with Crippen LogP contribution in [0.2, 0.25) is 0 Å². The van der Waals surface area contributed by atoms with Gasteiger partial charge in [0, 0.05) is 24.3 Å². The van der Waals surface area contributed by atoms with Crippen LogP contribution < -0.4 is 4.74 Å². The van der Waals surface area contributed by atoms with Gasteiger partial charge in [0.25, 0.3) is 0 Å². The summed E-state index contributed by atoms with van der Waals surface area (Å²) in [4.78, 5) is 15.2. The molecule has 6 nitrogen and oxygen atoms in total. The van der Waals surface area contributed by atoms with E-state index in [1.165, 1.54) is 18.3 Å². The van der Waals surface area contributed by atoms with E-state index < -0.39 is 5.97 Å². The van der Waals surface area contributed by atoms with Gasteiger partial charge in [0.05, 0.1) is 23.4 Å². The number of rotatable bonds is 6. The quantitative estimate of drug-likeness (QED) is 0.848. The van der Waals surface area contributed by atoms with Gasteiger partial charge in [-0.2, -0.15) is 5.26 Å². The fraction of sp³-hybridized carbons (Fsp3) is 0.235. The molecule has 0 saturated carbocycles. The number of aliphatic hydroxyl groups is 1. The van der Waals surface area contributed by atoms with Gasteiger partial charge in [0.15, 0.2) is 0 Å². The van der Waals surface area contributed by atoms with Crippen LogP contribution in [0.4, 0.5) is 0 Å². The third-order valence-electron chi connectivity index (χ3n) is 3.24. The van der Waals surface area contributed by atoms with Gasteiger partial charge >= 0.3 is 5.97 Å². The van der Waals surface area contributed by atoms with Crippen LogP contribution in [0, 0.1) is 17.2 Å². The Morgan fingerprint density at radius 2 is 2.17 bits per heavy atom. The number of benzene rings is 1. The number of aliphatic hydroxyl groups excluding tert-OH is 1. The van der Waals surface area contributed by atoms with Gasteiger partial charge < -0.3 is 14.9 Å². The fourth-order valence-corrected chi connectivity index (χ4v) is 1.91. The normalized spacial score (nSPS) is 11.5. The molecule has 0 bridgehead atoms. The highest BCUT2D eigenvalue weighted by Crippen LogP contribution is 2.26. The second-order valence-electron chi connectivity index (χ2n) is 5.16. The number of hydrogen-bond acceptors (Lipinski definition) is 5. The maximum absolute atomic E-state index is 11.0. The molecule has 0 saturated heterocycles. The molecule has 0 aliphatic heterocycles. The summed E-state index contributed by atoms with van der Waals surface area (Å²) in [7, 11) is 0. The number of nitrogens with zero attached hydrogens (tertiary/aromatic N) is 2. The van der Waals surface area contributed by atoms with Gasteiger partial charge in [0.2, 0.25) is 0 Å². The average Bonchev–Trinajstić information content (AvgIpc) is 2.59. The molecule has 1 unspecified atom stereocenters. The highest BCUT2D eigenvalue weighted by Gasteiger charge is 2.11. The topological polar surface area (TPSA) is 103 Å². The minimum absolute atomic E-state index is 0.00582. The third kappa shape index (κ3) is 4.05. The number of ether oxygens (including phenoxy) is 1. The smallest absolute Gasteiger partial charge is 0.335 e. The Morgan fingerprint density at radius 3 is 2.83 bits per heavy atom. The van der Waals surface area contributed by atoms with Crippen molar-refractivity contribution in [3.05, 3.63) is 47.7 Å². The molecular formula is C17H16N2O4. The van der Waals surface area contributed by atoms with Crippen molar-refractivity contribution < 1.29 is 19.7 Å². The number of carboxylic acid groups (broad SMARTS) is 1. The summed E-state index contributed by atoms with van der Waals surface area (Å²) in [5, 5.41) is 27.3. The van der Waals surface area contributed by atoms with Crippen LogP contribution in [-0.4, -0.2) is 34.4 Å². The molecule has 0 aliphatic rings. The van der Waals surface area contributed by atoms with Crippen molar-refractivity contribution >= 4 is 5.97 Å². The van der Waals surface area contributed by atoms with Gasteiger partial charge in [-0.1, -0.05) is 6.92 Å². The van der Waals surface area contributed by atoms with Crippen LogP contribution in [0.5, 0.6) is 5.75 Å². The van der Waals surface area contributed by atoms with Crippen LogP contribution in [0.25, 0.3) is 11.3 Å². The van der Waals surface area contributed by atoms with Gasteiger partial charge in [-0.25, -0.2) is 4.79 Å². The van der Waals surface area contributed by atoms with E-state index in [2.05, 4.69) is 11.1 Å². The summed E-state index contributed by atoms with van der Waals surface area (Å²) >= 11 is 0. The Bertz CT molecular complexity index is 752. The van der Waals surface area contributed by atoms with E-state index in [-0.39, 0.29) is 18.1 Å². The molecule has 2 aromatic rings. The molecule has 1 aromatic heterocycles. The number of nitriles is 1. The SMILES string of the molecule is CC(CO)COc1ccc(-c2cc(C(=O)O)ccn2)cc1C#N. The number of pyridine rings is 1. The molecule has 0 spiro atoms. The summed E-state index contributed by atoms with van der Waals surface area (Å²) < 4.78 is 5.54. The standard InChI is InChI=1S/C17H16N2O4/c1-11(9-20)10-23-16-3-2-12(6-14(16)8-18)15-7-13(17(21)22)4-5-19-15/h2-7,11,20H,9-10H2,1H3,(H,21,22).